The molecule has 0 unspecified atom stereocenters. The molecule has 1 atom stereocenters. The Labute approximate surface area is 148 Å². The number of nitrogens with zero attached hydrogens (tertiary/aromatic N) is 2. The third-order valence-electron chi connectivity index (χ3n) is 4.07. The Kier molecular flexibility index (Phi) is 4.74. The monoisotopic (exact) mass is 354 g/mol. The molecule has 1 amide bonds. The fourth-order valence-corrected chi connectivity index (χ4v) is 2.68. The van der Waals surface area contributed by atoms with Crippen LogP contribution >= 0.6 is 0 Å². The largest absolute Gasteiger partial charge is 0.426 e. The molecule has 1 aliphatic rings. The van der Waals surface area contributed by atoms with Gasteiger partial charge in [0.1, 0.15) is 12.0 Å². The van der Waals surface area contributed by atoms with Crippen molar-refractivity contribution in [3.05, 3.63) is 64.2 Å². The number of nitro benzene ring substituents is 1. The molecule has 1 saturated heterocycles. The molecule has 8 heteroatoms. The van der Waals surface area contributed by atoms with Gasteiger partial charge in [0, 0.05) is 36.3 Å². The van der Waals surface area contributed by atoms with E-state index in [-0.39, 0.29) is 24.6 Å². The summed E-state index contributed by atoms with van der Waals surface area (Å²) in [4.78, 5) is 46.7. The van der Waals surface area contributed by atoms with Gasteiger partial charge >= 0.3 is 5.97 Å². The Bertz CT molecular complexity index is 860. The first kappa shape index (κ1) is 17.3. The van der Waals surface area contributed by atoms with Gasteiger partial charge in [-0.15, -0.1) is 0 Å². The molecule has 0 N–H and O–H groups in total. The zero-order valence-electron chi connectivity index (χ0n) is 13.5. The minimum Gasteiger partial charge on any atom is -0.426 e. The highest BCUT2D eigenvalue weighted by Gasteiger charge is 2.36. The normalized spacial score (nSPS) is 16.4. The van der Waals surface area contributed by atoms with Crippen molar-refractivity contribution in [2.24, 2.45) is 5.92 Å². The molecule has 0 aliphatic carbocycles. The van der Waals surface area contributed by atoms with Gasteiger partial charge in [-0.1, -0.05) is 0 Å². The number of benzene rings is 2. The minimum absolute atomic E-state index is 0.00222. The lowest BCUT2D eigenvalue weighted by Crippen LogP contribution is -2.27. The van der Waals surface area contributed by atoms with Crippen LogP contribution in [0, 0.1) is 16.0 Å². The lowest BCUT2D eigenvalue weighted by atomic mass is 10.1. The van der Waals surface area contributed by atoms with Crippen LogP contribution in [0.15, 0.2) is 48.5 Å². The number of esters is 1. The summed E-state index contributed by atoms with van der Waals surface area (Å²) in [5.74, 6) is -1.14. The van der Waals surface area contributed by atoms with Crippen LogP contribution in [0.3, 0.4) is 0 Å². The number of hydrogen-bond donors (Lipinski definition) is 0. The van der Waals surface area contributed by atoms with E-state index in [1.54, 1.807) is 0 Å². The first-order chi connectivity index (χ1) is 12.5. The first-order valence-corrected chi connectivity index (χ1v) is 7.79. The fraction of sp³-hybridized carbons (Fsp3) is 0.167. The van der Waals surface area contributed by atoms with Crippen LogP contribution in [0.5, 0.6) is 5.75 Å². The van der Waals surface area contributed by atoms with E-state index < -0.39 is 16.8 Å². The van der Waals surface area contributed by atoms with Crippen molar-refractivity contribution >= 4 is 29.5 Å². The van der Waals surface area contributed by atoms with Crippen LogP contribution in [0.2, 0.25) is 0 Å². The number of carbonyl (C=O) groups is 3. The molecule has 132 valence electrons. The van der Waals surface area contributed by atoms with E-state index >= 15 is 0 Å². The van der Waals surface area contributed by atoms with Crippen molar-refractivity contribution in [1.29, 1.82) is 0 Å². The van der Waals surface area contributed by atoms with E-state index in [2.05, 4.69) is 0 Å². The maximum atomic E-state index is 12.3. The average molecular weight is 354 g/mol. The van der Waals surface area contributed by atoms with Crippen LogP contribution in [-0.2, 0) is 9.59 Å². The molecule has 0 radical (unpaired) electrons. The summed E-state index contributed by atoms with van der Waals surface area (Å²) in [6, 6.07) is 11.6. The van der Waals surface area contributed by atoms with Gasteiger partial charge in [0.05, 0.1) is 10.8 Å². The molecule has 1 aliphatic heterocycles. The molecule has 2 aromatic carbocycles. The van der Waals surface area contributed by atoms with Gasteiger partial charge in [0.15, 0.2) is 0 Å². The van der Waals surface area contributed by atoms with Crippen molar-refractivity contribution in [2.45, 2.75) is 6.42 Å². The van der Waals surface area contributed by atoms with Gasteiger partial charge in [-0.3, -0.25) is 24.5 Å². The number of hydrogen-bond acceptors (Lipinski definition) is 6. The van der Waals surface area contributed by atoms with Gasteiger partial charge < -0.3 is 9.64 Å². The molecule has 0 aromatic heterocycles. The molecule has 1 heterocycles. The minimum atomic E-state index is -0.636. The lowest BCUT2D eigenvalue weighted by molar-refractivity contribution is -0.384. The van der Waals surface area contributed by atoms with Gasteiger partial charge in [0.2, 0.25) is 5.91 Å². The van der Waals surface area contributed by atoms with Gasteiger partial charge in [-0.05, 0) is 36.4 Å². The van der Waals surface area contributed by atoms with Crippen LogP contribution in [0.4, 0.5) is 11.4 Å². The van der Waals surface area contributed by atoms with Gasteiger partial charge in [-0.25, -0.2) is 0 Å². The molecule has 0 bridgehead atoms. The molecule has 26 heavy (non-hydrogen) atoms. The second kappa shape index (κ2) is 7.14. The van der Waals surface area contributed by atoms with E-state index in [1.165, 1.54) is 53.4 Å². The Morgan fingerprint density at radius 2 is 1.81 bits per heavy atom. The highest BCUT2D eigenvalue weighted by molar-refractivity contribution is 5.99. The van der Waals surface area contributed by atoms with Gasteiger partial charge in [0.25, 0.3) is 5.69 Å². The topological polar surface area (TPSA) is 107 Å². The maximum Gasteiger partial charge on any atom is 0.316 e. The summed E-state index contributed by atoms with van der Waals surface area (Å²) < 4.78 is 5.26. The molecule has 8 nitrogen and oxygen atoms in total. The number of aldehydes is 1. The van der Waals surface area contributed by atoms with E-state index in [1.807, 2.05) is 0 Å². The second-order valence-corrected chi connectivity index (χ2v) is 5.79. The number of non-ortho nitro benzene ring substituents is 1. The summed E-state index contributed by atoms with van der Waals surface area (Å²) in [5.41, 5.74) is 0.881. The summed E-state index contributed by atoms with van der Waals surface area (Å²) in [6.45, 7) is 0.141. The third kappa shape index (κ3) is 3.59. The number of carbonyl (C=O) groups excluding carboxylic acids is 3. The molecule has 0 saturated carbocycles. The fourth-order valence-electron chi connectivity index (χ4n) is 2.68. The summed E-state index contributed by atoms with van der Waals surface area (Å²) in [6.07, 6.45) is 0.686. The number of amides is 1. The summed E-state index contributed by atoms with van der Waals surface area (Å²) in [5, 5.41) is 10.7. The molecular formula is C18H14N2O6. The first-order valence-electron chi connectivity index (χ1n) is 7.79. The van der Waals surface area contributed by atoms with Crippen molar-refractivity contribution in [3.63, 3.8) is 0 Å². The van der Waals surface area contributed by atoms with E-state index in [4.69, 9.17) is 4.74 Å². The number of anilines is 1. The highest BCUT2D eigenvalue weighted by Crippen LogP contribution is 2.28. The molecule has 0 spiro atoms. The van der Waals surface area contributed by atoms with Gasteiger partial charge in [-0.2, -0.15) is 0 Å². The predicted octanol–water partition coefficient (Wildman–Crippen LogP) is 2.37. The van der Waals surface area contributed by atoms with E-state index in [0.717, 1.165) is 0 Å². The molecule has 3 rings (SSSR count). The second-order valence-electron chi connectivity index (χ2n) is 5.79. The quantitative estimate of drug-likeness (QED) is 0.268. The SMILES string of the molecule is O=Cc1ccc(OC(=O)[C@@H]2CC(=O)N(c3ccc([N+](=O)[O-])cc3)C2)cc1. The summed E-state index contributed by atoms with van der Waals surface area (Å²) >= 11 is 0. The zero-order valence-corrected chi connectivity index (χ0v) is 13.5. The Hall–Kier alpha value is -3.55. The lowest BCUT2D eigenvalue weighted by Gasteiger charge is -2.16. The van der Waals surface area contributed by atoms with Crippen LogP contribution in [0.1, 0.15) is 16.8 Å². The van der Waals surface area contributed by atoms with Crippen LogP contribution in [-0.4, -0.2) is 29.6 Å². The zero-order chi connectivity index (χ0) is 18.7. The Morgan fingerprint density at radius 1 is 1.15 bits per heavy atom. The van der Waals surface area contributed by atoms with Crippen LogP contribution < -0.4 is 9.64 Å². The predicted molar refractivity (Wildman–Crippen MR) is 91.0 cm³/mol. The number of rotatable bonds is 5. The highest BCUT2D eigenvalue weighted by atomic mass is 16.6. The maximum absolute atomic E-state index is 12.3. The number of ether oxygens (including phenoxy) is 1. The third-order valence-corrected chi connectivity index (χ3v) is 4.07. The van der Waals surface area contributed by atoms with E-state index in [0.29, 0.717) is 23.3 Å². The van der Waals surface area contributed by atoms with Crippen molar-refractivity contribution in [3.8, 4) is 5.75 Å². The molecule has 2 aromatic rings. The Morgan fingerprint density at radius 3 is 2.38 bits per heavy atom. The van der Waals surface area contributed by atoms with Crippen molar-refractivity contribution in [1.82, 2.24) is 0 Å². The van der Waals surface area contributed by atoms with E-state index in [9.17, 15) is 24.5 Å². The van der Waals surface area contributed by atoms with Crippen LogP contribution in [0.25, 0.3) is 0 Å². The summed E-state index contributed by atoms with van der Waals surface area (Å²) in [7, 11) is 0. The number of nitro groups is 1. The smallest absolute Gasteiger partial charge is 0.316 e. The Balaban J connectivity index is 1.67. The molecule has 1 fully saturated rings. The van der Waals surface area contributed by atoms with Crippen molar-refractivity contribution in [2.75, 3.05) is 11.4 Å². The standard InChI is InChI=1S/C18H14N2O6/c21-11-12-1-7-16(8-2-12)26-18(23)13-9-17(22)19(10-13)14-3-5-15(6-4-14)20(24)25/h1-8,11,13H,9-10H2/t13-/m1/s1. The molecular weight excluding hydrogens is 340 g/mol. The average Bonchev–Trinajstić information content (AvgIpc) is 3.04. The van der Waals surface area contributed by atoms with Crippen molar-refractivity contribution < 1.29 is 24.0 Å².